The molecule has 0 aromatic heterocycles. The number of carbonyl (C=O) groups excluding carboxylic acids is 1. The number of hydrogen-bond acceptors (Lipinski definition) is 2. The van der Waals surface area contributed by atoms with E-state index in [1.807, 2.05) is 0 Å². The van der Waals surface area contributed by atoms with Crippen LogP contribution in [0.5, 0.6) is 0 Å². The van der Waals surface area contributed by atoms with Crippen molar-refractivity contribution in [3.8, 4) is 0 Å². The lowest BCUT2D eigenvalue weighted by Gasteiger charge is -2.22. The molecule has 0 radical (unpaired) electrons. The van der Waals surface area contributed by atoms with Crippen LogP contribution in [0.3, 0.4) is 0 Å². The second-order valence-corrected chi connectivity index (χ2v) is 4.55. The van der Waals surface area contributed by atoms with Crippen molar-refractivity contribution in [1.82, 2.24) is 10.2 Å². The summed E-state index contributed by atoms with van der Waals surface area (Å²) < 4.78 is 0. The molecule has 1 amide bonds. The van der Waals surface area contributed by atoms with E-state index in [4.69, 9.17) is 0 Å². The number of nitrogens with zero attached hydrogens (tertiary/aromatic N) is 1. The van der Waals surface area contributed by atoms with E-state index in [2.05, 4.69) is 31.0 Å². The summed E-state index contributed by atoms with van der Waals surface area (Å²) in [5.74, 6) is 0.337. The lowest BCUT2D eigenvalue weighted by Crippen LogP contribution is -2.33. The number of carbonyl (C=O) groups is 1. The highest BCUT2D eigenvalue weighted by Gasteiger charge is 2.10. The minimum absolute atomic E-state index is 0.337. The second-order valence-electron chi connectivity index (χ2n) is 4.55. The fourth-order valence-electron chi connectivity index (χ4n) is 1.81. The molecule has 3 nitrogen and oxygen atoms in total. The van der Waals surface area contributed by atoms with Crippen LogP contribution in [-0.2, 0) is 4.79 Å². The first kappa shape index (κ1) is 16.4. The van der Waals surface area contributed by atoms with E-state index in [0.29, 0.717) is 12.3 Å². The van der Waals surface area contributed by atoms with Crippen LogP contribution in [0.25, 0.3) is 0 Å². The van der Waals surface area contributed by atoms with Crippen LogP contribution in [0.15, 0.2) is 0 Å². The summed E-state index contributed by atoms with van der Waals surface area (Å²) in [7, 11) is 0. The van der Waals surface area contributed by atoms with Crippen molar-refractivity contribution in [2.75, 3.05) is 26.2 Å². The molecule has 102 valence electrons. The van der Waals surface area contributed by atoms with Crippen molar-refractivity contribution in [3.63, 3.8) is 0 Å². The molecule has 0 heterocycles. The summed E-state index contributed by atoms with van der Waals surface area (Å²) >= 11 is 0. The maximum Gasteiger partial charge on any atom is 0.222 e. The van der Waals surface area contributed by atoms with Gasteiger partial charge in [-0.2, -0.15) is 0 Å². The molecule has 17 heavy (non-hydrogen) atoms. The Kier molecular flexibility index (Phi) is 11.5. The molecular weight excluding hydrogens is 212 g/mol. The first-order valence-corrected chi connectivity index (χ1v) is 7.24. The predicted octanol–water partition coefficient (Wildman–Crippen LogP) is 2.80. The Bertz CT molecular complexity index is 183. The van der Waals surface area contributed by atoms with Gasteiger partial charge in [-0.05, 0) is 38.8 Å². The van der Waals surface area contributed by atoms with Crippen molar-refractivity contribution in [2.24, 2.45) is 0 Å². The molecule has 0 atom stereocenters. The molecule has 0 bridgehead atoms. The van der Waals surface area contributed by atoms with Crippen molar-refractivity contribution in [3.05, 3.63) is 0 Å². The van der Waals surface area contributed by atoms with Crippen LogP contribution in [-0.4, -0.2) is 37.0 Å². The highest BCUT2D eigenvalue weighted by atomic mass is 16.2. The summed E-state index contributed by atoms with van der Waals surface area (Å²) in [5, 5.41) is 3.32. The van der Waals surface area contributed by atoms with Gasteiger partial charge in [-0.3, -0.25) is 4.79 Å². The molecule has 0 aliphatic carbocycles. The van der Waals surface area contributed by atoms with Crippen LogP contribution >= 0.6 is 0 Å². The second kappa shape index (κ2) is 11.9. The molecule has 0 aromatic carbocycles. The Morgan fingerprint density at radius 1 is 1.00 bits per heavy atom. The molecule has 3 heteroatoms. The van der Waals surface area contributed by atoms with E-state index >= 15 is 0 Å². The zero-order valence-corrected chi connectivity index (χ0v) is 11.9. The molecule has 0 aliphatic rings. The Balaban J connectivity index is 3.80. The van der Waals surface area contributed by atoms with Crippen molar-refractivity contribution < 1.29 is 4.79 Å². The van der Waals surface area contributed by atoms with Gasteiger partial charge in [-0.25, -0.2) is 0 Å². The molecule has 0 unspecified atom stereocenters. The van der Waals surface area contributed by atoms with Crippen molar-refractivity contribution >= 4 is 5.91 Å². The Morgan fingerprint density at radius 3 is 2.29 bits per heavy atom. The SMILES string of the molecule is CCCCN(CCCCNCC)C(=O)CCC. The van der Waals surface area contributed by atoms with Crippen LogP contribution in [0, 0.1) is 0 Å². The molecule has 0 rings (SSSR count). The van der Waals surface area contributed by atoms with Gasteiger partial charge in [0.15, 0.2) is 0 Å². The van der Waals surface area contributed by atoms with E-state index in [0.717, 1.165) is 58.3 Å². The zero-order valence-electron chi connectivity index (χ0n) is 11.9. The highest BCUT2D eigenvalue weighted by Crippen LogP contribution is 2.03. The summed E-state index contributed by atoms with van der Waals surface area (Å²) in [6.07, 6.45) is 6.23. The molecule has 0 saturated heterocycles. The summed E-state index contributed by atoms with van der Waals surface area (Å²) in [4.78, 5) is 13.9. The molecule has 0 saturated carbocycles. The third-order valence-corrected chi connectivity index (χ3v) is 2.88. The Hall–Kier alpha value is -0.570. The summed E-state index contributed by atoms with van der Waals surface area (Å²) in [6, 6.07) is 0. The topological polar surface area (TPSA) is 32.3 Å². The fourth-order valence-corrected chi connectivity index (χ4v) is 1.81. The van der Waals surface area contributed by atoms with E-state index in [9.17, 15) is 4.79 Å². The Morgan fingerprint density at radius 2 is 1.71 bits per heavy atom. The van der Waals surface area contributed by atoms with Gasteiger partial charge in [-0.1, -0.05) is 27.2 Å². The number of amides is 1. The quantitative estimate of drug-likeness (QED) is 0.565. The van der Waals surface area contributed by atoms with Crippen LogP contribution in [0.1, 0.15) is 59.3 Å². The van der Waals surface area contributed by atoms with E-state index < -0.39 is 0 Å². The minimum atomic E-state index is 0.337. The van der Waals surface area contributed by atoms with Crippen LogP contribution in [0.4, 0.5) is 0 Å². The minimum Gasteiger partial charge on any atom is -0.343 e. The highest BCUT2D eigenvalue weighted by molar-refractivity contribution is 5.76. The third-order valence-electron chi connectivity index (χ3n) is 2.88. The van der Waals surface area contributed by atoms with E-state index in [1.54, 1.807) is 0 Å². The number of rotatable bonds is 11. The molecule has 1 N–H and O–H groups in total. The lowest BCUT2D eigenvalue weighted by molar-refractivity contribution is -0.131. The normalized spacial score (nSPS) is 10.5. The predicted molar refractivity (Wildman–Crippen MR) is 74.2 cm³/mol. The number of nitrogens with one attached hydrogen (secondary N) is 1. The van der Waals surface area contributed by atoms with Gasteiger partial charge < -0.3 is 10.2 Å². The van der Waals surface area contributed by atoms with Gasteiger partial charge in [-0.15, -0.1) is 0 Å². The third kappa shape index (κ3) is 9.16. The van der Waals surface area contributed by atoms with Gasteiger partial charge in [0.1, 0.15) is 0 Å². The molecule has 0 aromatic rings. The fraction of sp³-hybridized carbons (Fsp3) is 0.929. The summed E-state index contributed by atoms with van der Waals surface area (Å²) in [5.41, 5.74) is 0. The number of unbranched alkanes of at least 4 members (excludes halogenated alkanes) is 2. The van der Waals surface area contributed by atoms with Crippen molar-refractivity contribution in [2.45, 2.75) is 59.3 Å². The maximum atomic E-state index is 11.9. The molecular formula is C14H30N2O. The Labute approximate surface area is 107 Å². The standard InChI is InChI=1S/C14H30N2O/c1-4-7-12-16(14(17)10-5-2)13-9-8-11-15-6-3/h15H,4-13H2,1-3H3. The maximum absolute atomic E-state index is 11.9. The average molecular weight is 242 g/mol. The number of hydrogen-bond donors (Lipinski definition) is 1. The van der Waals surface area contributed by atoms with Gasteiger partial charge in [0.2, 0.25) is 5.91 Å². The van der Waals surface area contributed by atoms with E-state index in [1.165, 1.54) is 0 Å². The first-order valence-electron chi connectivity index (χ1n) is 7.24. The smallest absolute Gasteiger partial charge is 0.222 e. The van der Waals surface area contributed by atoms with Gasteiger partial charge in [0.05, 0.1) is 0 Å². The van der Waals surface area contributed by atoms with Gasteiger partial charge in [0.25, 0.3) is 0 Å². The monoisotopic (exact) mass is 242 g/mol. The first-order chi connectivity index (χ1) is 8.26. The van der Waals surface area contributed by atoms with Crippen LogP contribution in [0.2, 0.25) is 0 Å². The largest absolute Gasteiger partial charge is 0.343 e. The molecule has 0 aliphatic heterocycles. The van der Waals surface area contributed by atoms with Crippen LogP contribution < -0.4 is 5.32 Å². The van der Waals surface area contributed by atoms with Gasteiger partial charge in [0, 0.05) is 19.5 Å². The van der Waals surface area contributed by atoms with E-state index in [-0.39, 0.29) is 0 Å². The summed E-state index contributed by atoms with van der Waals surface area (Å²) in [6.45, 7) is 10.3. The van der Waals surface area contributed by atoms with Gasteiger partial charge >= 0.3 is 0 Å². The molecule has 0 fully saturated rings. The molecule has 0 spiro atoms. The zero-order chi connectivity index (χ0) is 12.9. The van der Waals surface area contributed by atoms with Crippen molar-refractivity contribution in [1.29, 1.82) is 0 Å². The lowest BCUT2D eigenvalue weighted by atomic mass is 10.2. The average Bonchev–Trinajstić information content (AvgIpc) is 2.33.